The molecular formula is C55H42N2O. The molecule has 1 aliphatic rings. The van der Waals surface area contributed by atoms with Crippen molar-refractivity contribution >= 4 is 77.6 Å². The normalized spacial score (nSPS) is 12.1. The van der Waals surface area contributed by atoms with Crippen LogP contribution in [0.15, 0.2) is 186 Å². The third kappa shape index (κ3) is 5.42. The van der Waals surface area contributed by atoms with Crippen molar-refractivity contribution in [2.24, 2.45) is 0 Å². The Labute approximate surface area is 339 Å². The van der Waals surface area contributed by atoms with Crippen molar-refractivity contribution in [3.63, 3.8) is 0 Å². The molecular weight excluding hydrogens is 705 g/mol. The fourth-order valence-electron chi connectivity index (χ4n) is 9.07. The Hall–Kier alpha value is -7.10. The van der Waals surface area contributed by atoms with Gasteiger partial charge in [0.2, 0.25) is 0 Å². The van der Waals surface area contributed by atoms with Crippen molar-refractivity contribution in [1.29, 1.82) is 0 Å². The second kappa shape index (κ2) is 13.0. The zero-order valence-electron chi connectivity index (χ0n) is 33.1. The summed E-state index contributed by atoms with van der Waals surface area (Å²) in [6.45, 7) is 8.95. The molecule has 11 rings (SSSR count). The SMILES string of the molecule is Cc1ccccc1N(c1ccc2cc3c(cc2c1)-c1cc2cc(N(c4ccccc4)c4ccccc4)ccc2cc1-3)c1cccc2c1oc1c(C(C)(C)C)cccc12. The van der Waals surface area contributed by atoms with Crippen LogP contribution in [0.4, 0.5) is 34.1 Å². The number of furan rings is 1. The van der Waals surface area contributed by atoms with E-state index in [-0.39, 0.29) is 5.41 Å². The molecule has 0 saturated carbocycles. The van der Waals surface area contributed by atoms with Gasteiger partial charge in [0, 0.05) is 44.8 Å². The molecule has 0 atom stereocenters. The molecule has 0 radical (unpaired) electrons. The lowest BCUT2D eigenvalue weighted by molar-refractivity contribution is 0.573. The Bertz CT molecular complexity index is 3190. The number of para-hydroxylation sites is 5. The van der Waals surface area contributed by atoms with Gasteiger partial charge in [-0.1, -0.05) is 118 Å². The first-order chi connectivity index (χ1) is 28.3. The zero-order chi connectivity index (χ0) is 39.1. The Morgan fingerprint density at radius 2 is 0.862 bits per heavy atom. The minimum absolute atomic E-state index is 0.0546. The monoisotopic (exact) mass is 746 g/mol. The Morgan fingerprint density at radius 3 is 1.43 bits per heavy atom. The molecule has 9 aromatic carbocycles. The van der Waals surface area contributed by atoms with Crippen LogP contribution in [0.1, 0.15) is 31.9 Å². The lowest BCUT2D eigenvalue weighted by Crippen LogP contribution is -2.11. The zero-order valence-corrected chi connectivity index (χ0v) is 33.1. The number of hydrogen-bond donors (Lipinski definition) is 0. The molecule has 0 unspecified atom stereocenters. The summed E-state index contributed by atoms with van der Waals surface area (Å²) in [7, 11) is 0. The van der Waals surface area contributed by atoms with Gasteiger partial charge in [-0.05, 0) is 147 Å². The average Bonchev–Trinajstić information content (AvgIpc) is 3.63. The van der Waals surface area contributed by atoms with E-state index in [1.54, 1.807) is 0 Å². The van der Waals surface area contributed by atoms with Crippen molar-refractivity contribution < 1.29 is 4.42 Å². The molecule has 1 aromatic heterocycles. The van der Waals surface area contributed by atoms with Gasteiger partial charge in [0.15, 0.2) is 5.58 Å². The second-order valence-corrected chi connectivity index (χ2v) is 16.7. The minimum Gasteiger partial charge on any atom is -0.454 e. The number of benzene rings is 9. The highest BCUT2D eigenvalue weighted by Gasteiger charge is 2.27. The molecule has 3 nitrogen and oxygen atoms in total. The number of rotatable bonds is 6. The molecule has 0 aliphatic heterocycles. The molecule has 0 spiro atoms. The highest BCUT2D eigenvalue weighted by Crippen LogP contribution is 2.52. The van der Waals surface area contributed by atoms with Crippen molar-refractivity contribution in [2.75, 3.05) is 9.80 Å². The number of anilines is 6. The van der Waals surface area contributed by atoms with Crippen LogP contribution in [0.3, 0.4) is 0 Å². The second-order valence-electron chi connectivity index (χ2n) is 16.7. The largest absolute Gasteiger partial charge is 0.454 e. The lowest BCUT2D eigenvalue weighted by Gasteiger charge is -2.29. The molecule has 0 bridgehead atoms. The lowest BCUT2D eigenvalue weighted by atomic mass is 9.78. The Morgan fingerprint density at radius 1 is 0.379 bits per heavy atom. The molecule has 3 heteroatoms. The fraction of sp³-hybridized carbons (Fsp3) is 0.0909. The third-order valence-corrected chi connectivity index (χ3v) is 12.0. The maximum atomic E-state index is 6.94. The van der Waals surface area contributed by atoms with E-state index in [0.29, 0.717) is 0 Å². The summed E-state index contributed by atoms with van der Waals surface area (Å²) in [5, 5.41) is 7.19. The summed E-state index contributed by atoms with van der Waals surface area (Å²) in [5.41, 5.74) is 16.1. The molecule has 0 fully saturated rings. The summed E-state index contributed by atoms with van der Waals surface area (Å²) >= 11 is 0. The van der Waals surface area contributed by atoms with E-state index >= 15 is 0 Å². The van der Waals surface area contributed by atoms with Crippen LogP contribution < -0.4 is 9.80 Å². The van der Waals surface area contributed by atoms with Crippen molar-refractivity contribution in [1.82, 2.24) is 0 Å². The quantitative estimate of drug-likeness (QED) is 0.169. The van der Waals surface area contributed by atoms with Crippen LogP contribution >= 0.6 is 0 Å². The van der Waals surface area contributed by atoms with Gasteiger partial charge in [0.1, 0.15) is 5.58 Å². The van der Waals surface area contributed by atoms with E-state index < -0.39 is 0 Å². The van der Waals surface area contributed by atoms with Gasteiger partial charge in [0.25, 0.3) is 0 Å². The molecule has 1 aliphatic carbocycles. The first-order valence-corrected chi connectivity index (χ1v) is 20.2. The van der Waals surface area contributed by atoms with E-state index in [4.69, 9.17) is 4.42 Å². The molecule has 278 valence electrons. The summed E-state index contributed by atoms with van der Waals surface area (Å²) in [5.74, 6) is 0. The van der Waals surface area contributed by atoms with E-state index in [0.717, 1.165) is 56.1 Å². The number of fused-ring (bicyclic) bond motifs is 9. The predicted octanol–water partition coefficient (Wildman–Crippen LogP) is 16.1. The van der Waals surface area contributed by atoms with Gasteiger partial charge < -0.3 is 14.2 Å². The first-order valence-electron chi connectivity index (χ1n) is 20.2. The van der Waals surface area contributed by atoms with Crippen LogP contribution in [0, 0.1) is 6.92 Å². The average molecular weight is 747 g/mol. The van der Waals surface area contributed by atoms with E-state index in [1.807, 2.05) is 0 Å². The Balaban J connectivity index is 1.03. The van der Waals surface area contributed by atoms with E-state index in [9.17, 15) is 0 Å². The molecule has 0 saturated heterocycles. The van der Waals surface area contributed by atoms with Gasteiger partial charge in [0.05, 0.1) is 5.69 Å². The fourth-order valence-corrected chi connectivity index (χ4v) is 9.07. The van der Waals surface area contributed by atoms with Crippen molar-refractivity contribution in [3.8, 4) is 22.3 Å². The smallest absolute Gasteiger partial charge is 0.159 e. The number of aryl methyl sites for hydroxylation is 1. The van der Waals surface area contributed by atoms with Crippen LogP contribution in [0.5, 0.6) is 0 Å². The summed E-state index contributed by atoms with van der Waals surface area (Å²) in [6, 6.07) is 66.2. The van der Waals surface area contributed by atoms with Gasteiger partial charge >= 0.3 is 0 Å². The van der Waals surface area contributed by atoms with Gasteiger partial charge in [-0.25, -0.2) is 0 Å². The van der Waals surface area contributed by atoms with Crippen LogP contribution in [0.2, 0.25) is 0 Å². The van der Waals surface area contributed by atoms with Gasteiger partial charge in [-0.2, -0.15) is 0 Å². The van der Waals surface area contributed by atoms with Crippen molar-refractivity contribution in [3.05, 3.63) is 193 Å². The molecule has 58 heavy (non-hydrogen) atoms. The molecule has 1 heterocycles. The minimum atomic E-state index is -0.0546. The topological polar surface area (TPSA) is 19.6 Å². The first kappa shape index (κ1) is 34.2. The number of hydrogen-bond acceptors (Lipinski definition) is 3. The summed E-state index contributed by atoms with van der Waals surface area (Å²) in [6.07, 6.45) is 0. The Kier molecular flexibility index (Phi) is 7.64. The van der Waals surface area contributed by atoms with Crippen LogP contribution in [-0.4, -0.2) is 0 Å². The standard InChI is InChI=1S/C55H42N2O/c1-35-15-11-12-23-51(35)57(52-24-14-21-45-44-20-13-22-50(55(2,3)4)53(44)58-54(45)52)43-28-26-37-32-47-46-31-36-25-27-42(29-38(36)33-48(46)49(47)34-39(37)30-43)56(40-16-7-5-8-17-40)41-18-9-6-10-19-41/h5-34H,1-4H3. The van der Waals surface area contributed by atoms with Crippen LogP contribution in [-0.2, 0) is 5.41 Å². The van der Waals surface area contributed by atoms with Crippen molar-refractivity contribution in [2.45, 2.75) is 33.1 Å². The van der Waals surface area contributed by atoms with E-state index in [2.05, 4.69) is 219 Å². The highest BCUT2D eigenvalue weighted by atomic mass is 16.3. The molecule has 10 aromatic rings. The highest BCUT2D eigenvalue weighted by molar-refractivity contribution is 6.14. The predicted molar refractivity (Wildman–Crippen MR) is 246 cm³/mol. The summed E-state index contributed by atoms with van der Waals surface area (Å²) in [4.78, 5) is 4.71. The maximum absolute atomic E-state index is 6.94. The maximum Gasteiger partial charge on any atom is 0.159 e. The molecule has 0 N–H and O–H groups in total. The summed E-state index contributed by atoms with van der Waals surface area (Å²) < 4.78 is 6.94. The van der Waals surface area contributed by atoms with Crippen LogP contribution in [0.25, 0.3) is 65.7 Å². The van der Waals surface area contributed by atoms with Gasteiger partial charge in [-0.15, -0.1) is 0 Å². The van der Waals surface area contributed by atoms with E-state index in [1.165, 1.54) is 54.9 Å². The molecule has 0 amide bonds. The number of nitrogens with zero attached hydrogens (tertiary/aromatic N) is 2. The van der Waals surface area contributed by atoms with Gasteiger partial charge in [-0.3, -0.25) is 0 Å². The third-order valence-electron chi connectivity index (χ3n) is 12.0.